The number of hydrogen-bond acceptors (Lipinski definition) is 3. The Bertz CT molecular complexity index is 456. The molecule has 1 aromatic carbocycles. The number of ether oxygens (including phenoxy) is 1. The largest absolute Gasteiger partial charge is 0.573 e. The summed E-state index contributed by atoms with van der Waals surface area (Å²) in [6.07, 6.45) is -4.95. The predicted octanol–water partition coefficient (Wildman–Crippen LogP) is 2.31. The van der Waals surface area contributed by atoms with Crippen LogP contribution in [0.25, 0.3) is 0 Å². The minimum absolute atomic E-state index is 0.0101. The Kier molecular flexibility index (Phi) is 5.34. The Morgan fingerprint density at radius 1 is 1.26 bits per heavy atom. The Balaban J connectivity index is 2.52. The molecule has 0 fully saturated rings. The van der Waals surface area contributed by atoms with Crippen LogP contribution >= 0.6 is 0 Å². The first-order chi connectivity index (χ1) is 8.76. The Morgan fingerprint density at radius 2 is 1.84 bits per heavy atom. The SMILES string of the molecule is O=C(O)CCS(=O)Cc1ccc(OC(F)(F)F)cc1. The lowest BCUT2D eigenvalue weighted by molar-refractivity contribution is -0.274. The highest BCUT2D eigenvalue weighted by Gasteiger charge is 2.30. The summed E-state index contributed by atoms with van der Waals surface area (Å²) in [5.41, 5.74) is 0.554. The van der Waals surface area contributed by atoms with E-state index < -0.39 is 23.1 Å². The molecule has 0 saturated carbocycles. The third-order valence-electron chi connectivity index (χ3n) is 2.03. The highest BCUT2D eigenvalue weighted by molar-refractivity contribution is 7.84. The van der Waals surface area contributed by atoms with Crippen LogP contribution in [0.3, 0.4) is 0 Å². The molecule has 1 N–H and O–H groups in total. The van der Waals surface area contributed by atoms with E-state index in [0.717, 1.165) is 12.1 Å². The molecule has 0 aliphatic heterocycles. The van der Waals surface area contributed by atoms with Crippen molar-refractivity contribution in [2.75, 3.05) is 5.75 Å². The third kappa shape index (κ3) is 6.80. The molecule has 19 heavy (non-hydrogen) atoms. The van der Waals surface area contributed by atoms with E-state index in [4.69, 9.17) is 5.11 Å². The summed E-state index contributed by atoms with van der Waals surface area (Å²) in [6.45, 7) is 0. The molecule has 0 heterocycles. The van der Waals surface area contributed by atoms with Crippen LogP contribution in [0.4, 0.5) is 13.2 Å². The molecule has 0 aliphatic carbocycles. The van der Waals surface area contributed by atoms with E-state index in [1.54, 1.807) is 0 Å². The van der Waals surface area contributed by atoms with Crippen molar-refractivity contribution in [2.24, 2.45) is 0 Å². The zero-order valence-electron chi connectivity index (χ0n) is 9.64. The maximum absolute atomic E-state index is 11.9. The smallest absolute Gasteiger partial charge is 0.481 e. The molecule has 0 aromatic heterocycles. The second-order valence-electron chi connectivity index (χ2n) is 3.62. The number of rotatable bonds is 6. The molecule has 0 radical (unpaired) electrons. The van der Waals surface area contributed by atoms with Gasteiger partial charge in [-0.15, -0.1) is 13.2 Å². The van der Waals surface area contributed by atoms with E-state index in [9.17, 15) is 22.2 Å². The molecule has 0 aliphatic rings. The van der Waals surface area contributed by atoms with Crippen LogP contribution in [-0.2, 0) is 21.3 Å². The van der Waals surface area contributed by atoms with Crippen LogP contribution in [0.1, 0.15) is 12.0 Å². The topological polar surface area (TPSA) is 63.6 Å². The minimum Gasteiger partial charge on any atom is -0.481 e. The number of aliphatic carboxylic acids is 1. The van der Waals surface area contributed by atoms with Crippen molar-refractivity contribution in [3.05, 3.63) is 29.8 Å². The number of alkyl halides is 3. The standard InChI is InChI=1S/C11H11F3O4S/c12-11(13,14)18-9-3-1-8(2-4-9)7-19(17)6-5-10(15)16/h1-4H,5-7H2,(H,15,16). The molecular formula is C11H11F3O4S. The van der Waals surface area contributed by atoms with E-state index in [0.29, 0.717) is 5.56 Å². The lowest BCUT2D eigenvalue weighted by Crippen LogP contribution is -2.17. The Hall–Kier alpha value is -1.57. The van der Waals surface area contributed by atoms with Crippen molar-refractivity contribution in [2.45, 2.75) is 18.5 Å². The fourth-order valence-corrected chi connectivity index (χ4v) is 2.36. The van der Waals surface area contributed by atoms with E-state index in [2.05, 4.69) is 4.74 Å². The number of carboxylic acid groups (broad SMARTS) is 1. The maximum Gasteiger partial charge on any atom is 0.573 e. The first-order valence-corrected chi connectivity index (χ1v) is 6.66. The molecule has 1 atom stereocenters. The zero-order valence-corrected chi connectivity index (χ0v) is 10.5. The van der Waals surface area contributed by atoms with Gasteiger partial charge in [0.25, 0.3) is 0 Å². The maximum atomic E-state index is 11.9. The second-order valence-corrected chi connectivity index (χ2v) is 5.20. The summed E-state index contributed by atoms with van der Waals surface area (Å²) in [5, 5.41) is 8.42. The van der Waals surface area contributed by atoms with Crippen LogP contribution < -0.4 is 4.74 Å². The van der Waals surface area contributed by atoms with Gasteiger partial charge in [0, 0.05) is 22.3 Å². The summed E-state index contributed by atoms with van der Waals surface area (Å²) in [5.74, 6) is -1.29. The third-order valence-corrected chi connectivity index (χ3v) is 3.34. The van der Waals surface area contributed by atoms with Gasteiger partial charge in [0.1, 0.15) is 5.75 Å². The number of halogens is 3. The molecular weight excluding hydrogens is 285 g/mol. The Labute approximate surface area is 109 Å². The summed E-state index contributed by atoms with van der Waals surface area (Å²) >= 11 is 0. The van der Waals surface area contributed by atoms with Crippen LogP contribution in [-0.4, -0.2) is 27.4 Å². The summed E-state index contributed by atoms with van der Waals surface area (Å²) in [6, 6.07) is 4.97. The molecule has 0 bridgehead atoms. The van der Waals surface area contributed by atoms with E-state index in [-0.39, 0.29) is 23.7 Å². The monoisotopic (exact) mass is 296 g/mol. The van der Waals surface area contributed by atoms with Gasteiger partial charge in [-0.3, -0.25) is 9.00 Å². The normalized spacial score (nSPS) is 13.0. The van der Waals surface area contributed by atoms with Crippen molar-refractivity contribution >= 4 is 16.8 Å². The van der Waals surface area contributed by atoms with Crippen molar-refractivity contribution in [3.8, 4) is 5.75 Å². The fourth-order valence-electron chi connectivity index (χ4n) is 1.25. The molecule has 8 heteroatoms. The molecule has 0 amide bonds. The lowest BCUT2D eigenvalue weighted by atomic mass is 10.2. The quantitative estimate of drug-likeness (QED) is 0.875. The number of benzene rings is 1. The van der Waals surface area contributed by atoms with Gasteiger partial charge in [-0.1, -0.05) is 12.1 Å². The number of carboxylic acids is 1. The predicted molar refractivity (Wildman–Crippen MR) is 62.1 cm³/mol. The van der Waals surface area contributed by atoms with Crippen LogP contribution in [0, 0.1) is 0 Å². The van der Waals surface area contributed by atoms with E-state index in [1.807, 2.05) is 0 Å². The molecule has 1 unspecified atom stereocenters. The van der Waals surface area contributed by atoms with Gasteiger partial charge in [-0.25, -0.2) is 0 Å². The van der Waals surface area contributed by atoms with Gasteiger partial charge in [0.2, 0.25) is 0 Å². The summed E-state index contributed by atoms with van der Waals surface area (Å²) in [4.78, 5) is 10.3. The van der Waals surface area contributed by atoms with E-state index >= 15 is 0 Å². The molecule has 4 nitrogen and oxygen atoms in total. The van der Waals surface area contributed by atoms with Gasteiger partial charge in [-0.2, -0.15) is 0 Å². The van der Waals surface area contributed by atoms with Crippen molar-refractivity contribution < 1.29 is 32.0 Å². The zero-order chi connectivity index (χ0) is 14.5. The average molecular weight is 296 g/mol. The first-order valence-electron chi connectivity index (χ1n) is 5.18. The second kappa shape index (κ2) is 6.55. The van der Waals surface area contributed by atoms with Gasteiger partial charge in [0.05, 0.1) is 6.42 Å². The molecule has 0 saturated heterocycles. The van der Waals surface area contributed by atoms with Gasteiger partial charge < -0.3 is 9.84 Å². The highest BCUT2D eigenvalue weighted by Crippen LogP contribution is 2.23. The molecule has 0 spiro atoms. The van der Waals surface area contributed by atoms with Gasteiger partial charge in [-0.05, 0) is 17.7 Å². The average Bonchev–Trinajstić information content (AvgIpc) is 2.27. The molecule has 1 aromatic rings. The first kappa shape index (κ1) is 15.5. The van der Waals surface area contributed by atoms with Gasteiger partial charge >= 0.3 is 12.3 Å². The van der Waals surface area contributed by atoms with Crippen LogP contribution in [0.5, 0.6) is 5.75 Å². The van der Waals surface area contributed by atoms with Crippen molar-refractivity contribution in [1.29, 1.82) is 0 Å². The van der Waals surface area contributed by atoms with Crippen LogP contribution in [0.2, 0.25) is 0 Å². The highest BCUT2D eigenvalue weighted by atomic mass is 32.2. The fraction of sp³-hybridized carbons (Fsp3) is 0.364. The van der Waals surface area contributed by atoms with E-state index in [1.165, 1.54) is 12.1 Å². The Morgan fingerprint density at radius 3 is 2.32 bits per heavy atom. The van der Waals surface area contributed by atoms with Gasteiger partial charge in [0.15, 0.2) is 0 Å². The lowest BCUT2D eigenvalue weighted by Gasteiger charge is -2.09. The molecule has 1 rings (SSSR count). The molecule has 106 valence electrons. The van der Waals surface area contributed by atoms with Crippen LogP contribution in [0.15, 0.2) is 24.3 Å². The summed E-state index contributed by atoms with van der Waals surface area (Å²) < 4.78 is 50.9. The van der Waals surface area contributed by atoms with Crippen molar-refractivity contribution in [1.82, 2.24) is 0 Å². The minimum atomic E-state index is -4.74. The number of carbonyl (C=O) groups is 1. The van der Waals surface area contributed by atoms with Crippen molar-refractivity contribution in [3.63, 3.8) is 0 Å². The number of hydrogen-bond donors (Lipinski definition) is 1. The summed E-state index contributed by atoms with van der Waals surface area (Å²) in [7, 11) is -1.36.